The highest BCUT2D eigenvalue weighted by atomic mass is 16.5. The van der Waals surface area contributed by atoms with Crippen LogP contribution < -0.4 is 5.32 Å². The Labute approximate surface area is 154 Å². The molecule has 1 aliphatic heterocycles. The summed E-state index contributed by atoms with van der Waals surface area (Å²) >= 11 is 0. The van der Waals surface area contributed by atoms with Gasteiger partial charge in [-0.05, 0) is 56.5 Å². The third-order valence-corrected chi connectivity index (χ3v) is 5.64. The minimum atomic E-state index is 0.0128. The van der Waals surface area contributed by atoms with Crippen LogP contribution in [0.5, 0.6) is 0 Å². The number of aromatic nitrogens is 2. The van der Waals surface area contributed by atoms with Gasteiger partial charge in [0.25, 0.3) is 0 Å². The molecule has 1 saturated heterocycles. The van der Waals surface area contributed by atoms with Crippen molar-refractivity contribution in [2.45, 2.75) is 57.5 Å². The quantitative estimate of drug-likeness (QED) is 0.914. The van der Waals surface area contributed by atoms with Crippen LogP contribution in [0.15, 0.2) is 22.7 Å². The molecule has 1 amide bonds. The van der Waals surface area contributed by atoms with E-state index < -0.39 is 0 Å². The van der Waals surface area contributed by atoms with Gasteiger partial charge in [0, 0.05) is 12.0 Å². The minimum absolute atomic E-state index is 0.0128. The van der Waals surface area contributed by atoms with E-state index in [1.807, 2.05) is 20.0 Å². The lowest BCUT2D eigenvalue weighted by molar-refractivity contribution is -0.127. The van der Waals surface area contributed by atoms with Gasteiger partial charge in [-0.15, -0.1) is 0 Å². The number of rotatable bonds is 4. The SMILES string of the molecule is CCc1nc(-c2ccc3c(c2)CC[C@H]3NC(=O)C2CCCCN2C)no1. The fourth-order valence-corrected chi connectivity index (χ4v) is 4.10. The van der Waals surface area contributed by atoms with E-state index in [4.69, 9.17) is 4.52 Å². The summed E-state index contributed by atoms with van der Waals surface area (Å²) in [5.41, 5.74) is 3.47. The molecule has 2 heterocycles. The molecule has 1 aliphatic carbocycles. The van der Waals surface area contributed by atoms with Crippen LogP contribution in [0.1, 0.15) is 55.7 Å². The van der Waals surface area contributed by atoms with E-state index >= 15 is 0 Å². The van der Waals surface area contributed by atoms with E-state index in [0.717, 1.165) is 44.2 Å². The summed E-state index contributed by atoms with van der Waals surface area (Å²) in [5.74, 6) is 1.46. The highest BCUT2D eigenvalue weighted by molar-refractivity contribution is 5.82. The number of hydrogen-bond acceptors (Lipinski definition) is 5. The third-order valence-electron chi connectivity index (χ3n) is 5.64. The Morgan fingerprint density at radius 3 is 3.00 bits per heavy atom. The molecular formula is C20H26N4O2. The van der Waals surface area contributed by atoms with Crippen LogP contribution in [-0.2, 0) is 17.6 Å². The highest BCUT2D eigenvalue weighted by Crippen LogP contribution is 2.34. The average molecular weight is 354 g/mol. The Balaban J connectivity index is 1.48. The van der Waals surface area contributed by atoms with Crippen LogP contribution in [0.25, 0.3) is 11.4 Å². The first-order valence-corrected chi connectivity index (χ1v) is 9.62. The van der Waals surface area contributed by atoms with Gasteiger partial charge in [0.2, 0.25) is 17.6 Å². The largest absolute Gasteiger partial charge is 0.348 e. The van der Waals surface area contributed by atoms with Crippen molar-refractivity contribution in [3.63, 3.8) is 0 Å². The molecule has 6 nitrogen and oxygen atoms in total. The van der Waals surface area contributed by atoms with Gasteiger partial charge >= 0.3 is 0 Å². The molecule has 1 aromatic heterocycles. The fraction of sp³-hybridized carbons (Fsp3) is 0.550. The monoisotopic (exact) mass is 354 g/mol. The number of likely N-dealkylation sites (tertiary alicyclic amines) is 1. The second kappa shape index (κ2) is 7.19. The van der Waals surface area contributed by atoms with Gasteiger partial charge in [-0.1, -0.05) is 30.6 Å². The number of likely N-dealkylation sites (N-methyl/N-ethyl adjacent to an activating group) is 1. The van der Waals surface area contributed by atoms with E-state index in [2.05, 4.69) is 32.5 Å². The zero-order valence-electron chi connectivity index (χ0n) is 15.5. The Hall–Kier alpha value is -2.21. The highest BCUT2D eigenvalue weighted by Gasteiger charge is 2.30. The van der Waals surface area contributed by atoms with Gasteiger partial charge < -0.3 is 9.84 Å². The van der Waals surface area contributed by atoms with Crippen LogP contribution in [0.3, 0.4) is 0 Å². The zero-order valence-corrected chi connectivity index (χ0v) is 15.5. The first-order valence-electron chi connectivity index (χ1n) is 9.62. The molecule has 1 fully saturated rings. The summed E-state index contributed by atoms with van der Waals surface area (Å²) in [7, 11) is 2.05. The third kappa shape index (κ3) is 3.26. The Morgan fingerprint density at radius 2 is 2.23 bits per heavy atom. The lowest BCUT2D eigenvalue weighted by Gasteiger charge is -2.32. The first kappa shape index (κ1) is 17.2. The van der Waals surface area contributed by atoms with E-state index in [9.17, 15) is 4.79 Å². The summed E-state index contributed by atoms with van der Waals surface area (Å²) in [6.07, 6.45) is 5.93. The maximum Gasteiger partial charge on any atom is 0.237 e. The maximum atomic E-state index is 12.7. The number of carbonyl (C=O) groups is 1. The van der Waals surface area contributed by atoms with Gasteiger partial charge in [0.05, 0.1) is 12.1 Å². The van der Waals surface area contributed by atoms with Crippen LogP contribution in [0.2, 0.25) is 0 Å². The lowest BCUT2D eigenvalue weighted by Crippen LogP contribution is -2.48. The number of aryl methyl sites for hydroxylation is 2. The van der Waals surface area contributed by atoms with Crippen molar-refractivity contribution in [3.8, 4) is 11.4 Å². The molecule has 0 saturated carbocycles. The van der Waals surface area contributed by atoms with Crippen molar-refractivity contribution < 1.29 is 9.32 Å². The number of fused-ring (bicyclic) bond motifs is 1. The molecule has 0 spiro atoms. The smallest absolute Gasteiger partial charge is 0.237 e. The molecule has 1 unspecified atom stereocenters. The summed E-state index contributed by atoms with van der Waals surface area (Å²) < 4.78 is 5.22. The van der Waals surface area contributed by atoms with Gasteiger partial charge in [0.15, 0.2) is 0 Å². The van der Waals surface area contributed by atoms with Crippen LogP contribution in [0.4, 0.5) is 0 Å². The topological polar surface area (TPSA) is 71.3 Å². The fourth-order valence-electron chi connectivity index (χ4n) is 4.10. The number of nitrogens with zero attached hydrogens (tertiary/aromatic N) is 3. The van der Waals surface area contributed by atoms with E-state index in [-0.39, 0.29) is 18.0 Å². The molecule has 2 aromatic rings. The standard InChI is InChI=1S/C20H26N4O2/c1-3-18-22-19(23-26-18)14-7-9-15-13(12-14)8-10-16(15)21-20(25)17-6-4-5-11-24(17)2/h7,9,12,16-17H,3-6,8,10-11H2,1-2H3,(H,21,25)/t16-,17?/m1/s1. The number of hydrogen-bond donors (Lipinski definition) is 1. The van der Waals surface area contributed by atoms with E-state index in [0.29, 0.717) is 11.7 Å². The molecule has 2 aliphatic rings. The van der Waals surface area contributed by atoms with Crippen molar-refractivity contribution in [1.29, 1.82) is 0 Å². The van der Waals surface area contributed by atoms with E-state index in [1.165, 1.54) is 17.5 Å². The molecule has 6 heteroatoms. The molecule has 1 aromatic carbocycles. The van der Waals surface area contributed by atoms with E-state index in [1.54, 1.807) is 0 Å². The van der Waals surface area contributed by atoms with Crippen molar-refractivity contribution in [2.75, 3.05) is 13.6 Å². The Morgan fingerprint density at radius 1 is 1.35 bits per heavy atom. The van der Waals surface area contributed by atoms with Gasteiger partial charge in [-0.3, -0.25) is 9.69 Å². The average Bonchev–Trinajstić information content (AvgIpc) is 3.29. The number of benzene rings is 1. The lowest BCUT2D eigenvalue weighted by atomic mass is 10.0. The number of piperidine rings is 1. The minimum Gasteiger partial charge on any atom is -0.348 e. The molecule has 4 rings (SSSR count). The van der Waals surface area contributed by atoms with Gasteiger partial charge in [-0.2, -0.15) is 4.98 Å². The van der Waals surface area contributed by atoms with Crippen LogP contribution in [-0.4, -0.2) is 40.6 Å². The predicted molar refractivity (Wildman–Crippen MR) is 98.6 cm³/mol. The molecule has 26 heavy (non-hydrogen) atoms. The second-order valence-electron chi connectivity index (χ2n) is 7.37. The number of amides is 1. The Kier molecular flexibility index (Phi) is 4.76. The van der Waals surface area contributed by atoms with Crippen molar-refractivity contribution in [2.24, 2.45) is 0 Å². The summed E-state index contributed by atoms with van der Waals surface area (Å²) in [6.45, 7) is 3.00. The van der Waals surface area contributed by atoms with Crippen molar-refractivity contribution >= 4 is 5.91 Å². The molecular weight excluding hydrogens is 328 g/mol. The summed E-state index contributed by atoms with van der Waals surface area (Å²) in [4.78, 5) is 19.3. The second-order valence-corrected chi connectivity index (χ2v) is 7.37. The first-order chi connectivity index (χ1) is 12.7. The number of carbonyl (C=O) groups excluding carboxylic acids is 1. The van der Waals surface area contributed by atoms with Crippen molar-refractivity contribution in [1.82, 2.24) is 20.4 Å². The van der Waals surface area contributed by atoms with Gasteiger partial charge in [0.1, 0.15) is 0 Å². The van der Waals surface area contributed by atoms with Gasteiger partial charge in [-0.25, -0.2) is 0 Å². The molecule has 2 atom stereocenters. The molecule has 0 radical (unpaired) electrons. The van der Waals surface area contributed by atoms with Crippen LogP contribution >= 0.6 is 0 Å². The molecule has 0 bridgehead atoms. The van der Waals surface area contributed by atoms with Crippen LogP contribution in [0, 0.1) is 0 Å². The zero-order chi connectivity index (χ0) is 18.1. The summed E-state index contributed by atoms with van der Waals surface area (Å²) in [6, 6.07) is 6.39. The number of nitrogens with one attached hydrogen (secondary N) is 1. The predicted octanol–water partition coefficient (Wildman–Crippen LogP) is 2.89. The van der Waals surface area contributed by atoms with Crippen molar-refractivity contribution in [3.05, 3.63) is 35.2 Å². The molecule has 1 N–H and O–H groups in total. The molecule has 138 valence electrons. The Bertz CT molecular complexity index is 801. The maximum absolute atomic E-state index is 12.7. The summed E-state index contributed by atoms with van der Waals surface area (Å²) in [5, 5.41) is 7.34. The normalized spacial score (nSPS) is 23.0.